The van der Waals surface area contributed by atoms with Gasteiger partial charge < -0.3 is 5.11 Å². The van der Waals surface area contributed by atoms with E-state index in [2.05, 4.69) is 24.3 Å². The molecule has 0 aliphatic heterocycles. The van der Waals surface area contributed by atoms with Crippen molar-refractivity contribution in [1.82, 2.24) is 0 Å². The van der Waals surface area contributed by atoms with Crippen LogP contribution in [0.25, 0.3) is 0 Å². The molecule has 0 fully saturated rings. The quantitative estimate of drug-likeness (QED) is 0.893. The fraction of sp³-hybridized carbons (Fsp3) is 0.267. The molecule has 18 heavy (non-hydrogen) atoms. The lowest BCUT2D eigenvalue weighted by Gasteiger charge is -2.08. The van der Waals surface area contributed by atoms with E-state index < -0.39 is 5.97 Å². The van der Waals surface area contributed by atoms with Gasteiger partial charge in [-0.25, -0.2) is 4.79 Å². The Labute approximate surface area is 110 Å². The molecule has 1 aliphatic carbocycles. The molecule has 0 atom stereocenters. The second-order valence-electron chi connectivity index (χ2n) is 4.82. The van der Waals surface area contributed by atoms with Gasteiger partial charge in [-0.3, -0.25) is 0 Å². The minimum Gasteiger partial charge on any atom is -0.477 e. The van der Waals surface area contributed by atoms with Crippen LogP contribution in [0.1, 0.15) is 37.8 Å². The van der Waals surface area contributed by atoms with E-state index in [9.17, 15) is 4.79 Å². The molecule has 3 heteroatoms. The molecule has 1 aromatic carbocycles. The van der Waals surface area contributed by atoms with Gasteiger partial charge in [-0.1, -0.05) is 24.3 Å². The first-order valence-electron chi connectivity index (χ1n) is 6.05. The van der Waals surface area contributed by atoms with E-state index in [-0.39, 0.29) is 0 Å². The van der Waals surface area contributed by atoms with Gasteiger partial charge in [0.2, 0.25) is 0 Å². The summed E-state index contributed by atoms with van der Waals surface area (Å²) in [7, 11) is 0. The maximum atomic E-state index is 11.1. The maximum Gasteiger partial charge on any atom is 0.346 e. The standard InChI is InChI=1S/C15H14O2S/c1-9-13(8-18-14(9)15(16)17)12-6-10-4-2-3-5-11(10)7-12/h2-5,8,12H,6-7H2,1H3,(H,16,17). The number of carboxylic acid groups (broad SMARTS) is 1. The number of fused-ring (bicyclic) bond motifs is 1. The summed E-state index contributed by atoms with van der Waals surface area (Å²) < 4.78 is 0. The molecule has 0 saturated heterocycles. The molecule has 1 heterocycles. The molecule has 1 aliphatic rings. The van der Waals surface area contributed by atoms with Crippen LogP contribution in [0.15, 0.2) is 29.6 Å². The highest BCUT2D eigenvalue weighted by Gasteiger charge is 2.26. The molecule has 2 nitrogen and oxygen atoms in total. The number of carboxylic acids is 1. The molecule has 0 bridgehead atoms. The smallest absolute Gasteiger partial charge is 0.346 e. The zero-order valence-electron chi connectivity index (χ0n) is 10.1. The van der Waals surface area contributed by atoms with Crippen molar-refractivity contribution in [3.05, 3.63) is 56.8 Å². The fourth-order valence-electron chi connectivity index (χ4n) is 2.82. The van der Waals surface area contributed by atoms with Gasteiger partial charge in [0.15, 0.2) is 0 Å². The fourth-order valence-corrected chi connectivity index (χ4v) is 3.83. The summed E-state index contributed by atoms with van der Waals surface area (Å²) in [6, 6.07) is 8.50. The van der Waals surface area contributed by atoms with Gasteiger partial charge in [-0.05, 0) is 53.3 Å². The molecule has 2 aromatic rings. The van der Waals surface area contributed by atoms with E-state index in [1.54, 1.807) is 0 Å². The number of hydrogen-bond acceptors (Lipinski definition) is 2. The molecule has 3 rings (SSSR count). The van der Waals surface area contributed by atoms with Crippen molar-refractivity contribution in [2.24, 2.45) is 0 Å². The van der Waals surface area contributed by atoms with E-state index in [1.165, 1.54) is 28.0 Å². The van der Waals surface area contributed by atoms with Gasteiger partial charge in [0.1, 0.15) is 4.88 Å². The first-order valence-corrected chi connectivity index (χ1v) is 6.93. The summed E-state index contributed by atoms with van der Waals surface area (Å²) in [6.07, 6.45) is 2.07. The van der Waals surface area contributed by atoms with Gasteiger partial charge in [-0.2, -0.15) is 0 Å². The Hall–Kier alpha value is -1.61. The molecule has 0 amide bonds. The lowest BCUT2D eigenvalue weighted by Crippen LogP contribution is -2.01. The SMILES string of the molecule is Cc1c(C2Cc3ccccc3C2)csc1C(=O)O. The van der Waals surface area contributed by atoms with Crippen molar-refractivity contribution in [3.63, 3.8) is 0 Å². The minimum absolute atomic E-state index is 0.451. The number of thiophene rings is 1. The highest BCUT2D eigenvalue weighted by Crippen LogP contribution is 2.38. The zero-order valence-corrected chi connectivity index (χ0v) is 11.0. The third-order valence-corrected chi connectivity index (χ3v) is 4.85. The van der Waals surface area contributed by atoms with Crippen molar-refractivity contribution >= 4 is 17.3 Å². The summed E-state index contributed by atoms with van der Waals surface area (Å²) in [6.45, 7) is 1.93. The lowest BCUT2D eigenvalue weighted by atomic mass is 9.95. The topological polar surface area (TPSA) is 37.3 Å². The predicted octanol–water partition coefficient (Wildman–Crippen LogP) is 3.64. The number of carbonyl (C=O) groups is 1. The number of hydrogen-bond donors (Lipinski definition) is 1. The van der Waals surface area contributed by atoms with E-state index in [0.29, 0.717) is 10.8 Å². The highest BCUT2D eigenvalue weighted by molar-refractivity contribution is 7.12. The summed E-state index contributed by atoms with van der Waals surface area (Å²) in [5.74, 6) is -0.356. The zero-order chi connectivity index (χ0) is 12.7. The summed E-state index contributed by atoms with van der Waals surface area (Å²) in [5.41, 5.74) is 4.98. The number of benzene rings is 1. The molecule has 1 N–H and O–H groups in total. The summed E-state index contributed by atoms with van der Waals surface area (Å²) >= 11 is 1.35. The Balaban J connectivity index is 1.93. The Morgan fingerprint density at radius 3 is 2.39 bits per heavy atom. The van der Waals surface area contributed by atoms with Crippen LogP contribution in [0.5, 0.6) is 0 Å². The molecular formula is C15H14O2S. The van der Waals surface area contributed by atoms with Crippen LogP contribution >= 0.6 is 11.3 Å². The molecule has 92 valence electrons. The largest absolute Gasteiger partial charge is 0.477 e. The van der Waals surface area contributed by atoms with Crippen LogP contribution in [0, 0.1) is 6.92 Å². The van der Waals surface area contributed by atoms with E-state index in [0.717, 1.165) is 18.4 Å². The summed E-state index contributed by atoms with van der Waals surface area (Å²) in [4.78, 5) is 11.6. The molecular weight excluding hydrogens is 244 g/mol. The summed E-state index contributed by atoms with van der Waals surface area (Å²) in [5, 5.41) is 11.1. The van der Waals surface area contributed by atoms with E-state index in [1.807, 2.05) is 12.3 Å². The third kappa shape index (κ3) is 1.75. The number of aromatic carboxylic acids is 1. The van der Waals surface area contributed by atoms with Gasteiger partial charge in [0.05, 0.1) is 0 Å². The van der Waals surface area contributed by atoms with Crippen LogP contribution in [0.3, 0.4) is 0 Å². The maximum absolute atomic E-state index is 11.1. The van der Waals surface area contributed by atoms with E-state index >= 15 is 0 Å². The Bertz CT molecular complexity index is 588. The van der Waals surface area contributed by atoms with Crippen LogP contribution in [-0.4, -0.2) is 11.1 Å². The Kier molecular flexibility index (Phi) is 2.71. The molecule has 0 unspecified atom stereocenters. The molecule has 1 aromatic heterocycles. The van der Waals surface area contributed by atoms with Crippen LogP contribution in [0.4, 0.5) is 0 Å². The molecule has 0 saturated carbocycles. The minimum atomic E-state index is -0.806. The monoisotopic (exact) mass is 258 g/mol. The molecule has 0 radical (unpaired) electrons. The second-order valence-corrected chi connectivity index (χ2v) is 5.70. The van der Waals surface area contributed by atoms with Gasteiger partial charge in [0, 0.05) is 0 Å². The molecule has 0 spiro atoms. The van der Waals surface area contributed by atoms with Crippen molar-refractivity contribution in [3.8, 4) is 0 Å². The van der Waals surface area contributed by atoms with Crippen molar-refractivity contribution in [2.75, 3.05) is 0 Å². The first kappa shape index (κ1) is 11.5. The van der Waals surface area contributed by atoms with Crippen LogP contribution in [0.2, 0.25) is 0 Å². The van der Waals surface area contributed by atoms with Crippen molar-refractivity contribution in [1.29, 1.82) is 0 Å². The van der Waals surface area contributed by atoms with E-state index in [4.69, 9.17) is 5.11 Å². The van der Waals surface area contributed by atoms with Gasteiger partial charge in [-0.15, -0.1) is 11.3 Å². The van der Waals surface area contributed by atoms with Gasteiger partial charge >= 0.3 is 5.97 Å². The predicted molar refractivity (Wildman–Crippen MR) is 72.6 cm³/mol. The van der Waals surface area contributed by atoms with Crippen LogP contribution in [-0.2, 0) is 12.8 Å². The number of rotatable bonds is 2. The average Bonchev–Trinajstić information content (AvgIpc) is 2.91. The van der Waals surface area contributed by atoms with Crippen molar-refractivity contribution < 1.29 is 9.90 Å². The first-order chi connectivity index (χ1) is 8.66. The normalized spacial score (nSPS) is 14.7. The highest BCUT2D eigenvalue weighted by atomic mass is 32.1. The van der Waals surface area contributed by atoms with Gasteiger partial charge in [0.25, 0.3) is 0 Å². The van der Waals surface area contributed by atoms with Crippen molar-refractivity contribution in [2.45, 2.75) is 25.7 Å². The lowest BCUT2D eigenvalue weighted by molar-refractivity contribution is 0.0701. The Morgan fingerprint density at radius 1 is 1.28 bits per heavy atom. The Morgan fingerprint density at radius 2 is 1.89 bits per heavy atom. The second kappa shape index (κ2) is 4.25. The average molecular weight is 258 g/mol. The third-order valence-electron chi connectivity index (χ3n) is 3.76. The van der Waals surface area contributed by atoms with Crippen LogP contribution < -0.4 is 0 Å².